The van der Waals surface area contributed by atoms with Crippen LogP contribution in [0.4, 0.5) is 11.4 Å². The van der Waals surface area contributed by atoms with Crippen LogP contribution in [0.3, 0.4) is 0 Å². The lowest BCUT2D eigenvalue weighted by Gasteiger charge is -2.11. The van der Waals surface area contributed by atoms with E-state index in [0.717, 1.165) is 33.4 Å². The van der Waals surface area contributed by atoms with Crippen LogP contribution in [-0.4, -0.2) is 24.0 Å². The molecule has 0 aliphatic heterocycles. The fourth-order valence-electron chi connectivity index (χ4n) is 2.67. The number of hydrogen-bond acceptors (Lipinski definition) is 3. The molecule has 0 fully saturated rings. The van der Waals surface area contributed by atoms with Gasteiger partial charge >= 0.3 is 0 Å². The van der Waals surface area contributed by atoms with E-state index >= 15 is 0 Å². The maximum Gasteiger partial charge on any atom is 0.270 e. The van der Waals surface area contributed by atoms with E-state index in [-0.39, 0.29) is 10.6 Å². The third-order valence-electron chi connectivity index (χ3n) is 3.90. The molecule has 22 heavy (non-hydrogen) atoms. The Labute approximate surface area is 128 Å². The Balaban J connectivity index is 2.17. The van der Waals surface area contributed by atoms with Gasteiger partial charge in [-0.2, -0.15) is 0 Å². The Morgan fingerprint density at radius 3 is 2.59 bits per heavy atom. The highest BCUT2D eigenvalue weighted by molar-refractivity contribution is 5.92. The van der Waals surface area contributed by atoms with Gasteiger partial charge < -0.3 is 9.88 Å². The lowest BCUT2D eigenvalue weighted by atomic mass is 10.1. The molecule has 1 aromatic heterocycles. The van der Waals surface area contributed by atoms with Crippen molar-refractivity contribution >= 4 is 22.3 Å². The summed E-state index contributed by atoms with van der Waals surface area (Å²) in [5.74, 6) is 0. The van der Waals surface area contributed by atoms with Gasteiger partial charge in [0.15, 0.2) is 0 Å². The average molecular weight is 295 g/mol. The summed E-state index contributed by atoms with van der Waals surface area (Å²) in [6.45, 7) is 2.03. The molecule has 3 rings (SSSR count). The predicted octanol–water partition coefficient (Wildman–Crippen LogP) is 4.12. The monoisotopic (exact) mass is 295 g/mol. The Morgan fingerprint density at radius 1 is 1.14 bits per heavy atom. The Hall–Kier alpha value is -2.82. The molecule has 0 aliphatic carbocycles. The molecule has 1 heterocycles. The Kier molecular flexibility index (Phi) is 3.33. The number of aromatic nitrogens is 1. The number of nitrogens with zero attached hydrogens (tertiary/aromatic N) is 2. The second-order valence-corrected chi connectivity index (χ2v) is 5.56. The summed E-state index contributed by atoms with van der Waals surface area (Å²) >= 11 is 0. The second kappa shape index (κ2) is 5.18. The van der Waals surface area contributed by atoms with Crippen LogP contribution in [0.5, 0.6) is 0 Å². The summed E-state index contributed by atoms with van der Waals surface area (Å²) in [7, 11) is 4.00. The van der Waals surface area contributed by atoms with Gasteiger partial charge in [0, 0.05) is 54.1 Å². The number of non-ortho nitro benzene ring substituents is 1. The highest BCUT2D eigenvalue weighted by Crippen LogP contribution is 2.32. The number of aromatic amines is 1. The molecule has 0 saturated heterocycles. The van der Waals surface area contributed by atoms with Crippen molar-refractivity contribution in [2.24, 2.45) is 0 Å². The summed E-state index contributed by atoms with van der Waals surface area (Å²) in [6.07, 6.45) is 0. The molecule has 0 saturated carbocycles. The van der Waals surface area contributed by atoms with Gasteiger partial charge in [0.1, 0.15) is 0 Å². The van der Waals surface area contributed by atoms with E-state index < -0.39 is 0 Å². The number of nitrogens with one attached hydrogen (secondary N) is 1. The molecule has 5 nitrogen and oxygen atoms in total. The second-order valence-electron chi connectivity index (χ2n) is 5.56. The van der Waals surface area contributed by atoms with Crippen molar-refractivity contribution in [2.75, 3.05) is 19.0 Å². The van der Waals surface area contributed by atoms with Gasteiger partial charge in [-0.3, -0.25) is 10.1 Å². The summed E-state index contributed by atoms with van der Waals surface area (Å²) in [5.41, 5.74) is 5.10. The van der Waals surface area contributed by atoms with E-state index in [0.29, 0.717) is 0 Å². The topological polar surface area (TPSA) is 62.2 Å². The molecule has 0 spiro atoms. The first-order valence-electron chi connectivity index (χ1n) is 7.02. The zero-order valence-corrected chi connectivity index (χ0v) is 12.8. The summed E-state index contributed by atoms with van der Waals surface area (Å²) < 4.78 is 0. The molecular weight excluding hydrogens is 278 g/mol. The number of nitro groups is 1. The van der Waals surface area contributed by atoms with E-state index in [1.54, 1.807) is 12.1 Å². The van der Waals surface area contributed by atoms with Crippen LogP contribution >= 0.6 is 0 Å². The highest BCUT2D eigenvalue weighted by Gasteiger charge is 2.13. The van der Waals surface area contributed by atoms with E-state index in [1.807, 2.05) is 32.0 Å². The molecule has 0 radical (unpaired) electrons. The third kappa shape index (κ3) is 2.30. The number of fused-ring (bicyclic) bond motifs is 1. The smallest absolute Gasteiger partial charge is 0.270 e. The maximum atomic E-state index is 11.0. The fraction of sp³-hybridized carbons (Fsp3) is 0.176. The van der Waals surface area contributed by atoms with Crippen LogP contribution in [0.2, 0.25) is 0 Å². The lowest BCUT2D eigenvalue weighted by Crippen LogP contribution is -2.07. The minimum Gasteiger partial charge on any atom is -0.378 e. The summed E-state index contributed by atoms with van der Waals surface area (Å²) in [6, 6.07) is 12.9. The van der Waals surface area contributed by atoms with Crippen LogP contribution in [0.15, 0.2) is 42.5 Å². The molecule has 0 aliphatic rings. The van der Waals surface area contributed by atoms with Gasteiger partial charge in [0.2, 0.25) is 0 Å². The van der Waals surface area contributed by atoms with Crippen molar-refractivity contribution in [3.63, 3.8) is 0 Å². The minimum atomic E-state index is -0.369. The lowest BCUT2D eigenvalue weighted by molar-refractivity contribution is -0.384. The van der Waals surface area contributed by atoms with Crippen LogP contribution in [0, 0.1) is 17.0 Å². The number of nitro benzene ring substituents is 1. The molecule has 0 atom stereocenters. The van der Waals surface area contributed by atoms with Crippen molar-refractivity contribution in [1.82, 2.24) is 4.98 Å². The number of hydrogen-bond donors (Lipinski definition) is 1. The van der Waals surface area contributed by atoms with E-state index in [2.05, 4.69) is 23.2 Å². The SMILES string of the molecule is Cc1c(-c2cccc([N+](=O)[O-])c2)[nH]c2cc(N(C)C)ccc12. The average Bonchev–Trinajstić information content (AvgIpc) is 2.84. The molecule has 0 unspecified atom stereocenters. The Bertz CT molecular complexity index is 865. The fourth-order valence-corrected chi connectivity index (χ4v) is 2.67. The van der Waals surface area contributed by atoms with Crippen molar-refractivity contribution < 1.29 is 4.92 Å². The van der Waals surface area contributed by atoms with Gasteiger partial charge in [0.05, 0.1) is 4.92 Å². The van der Waals surface area contributed by atoms with E-state index in [4.69, 9.17) is 0 Å². The largest absolute Gasteiger partial charge is 0.378 e. The molecular formula is C17H17N3O2. The van der Waals surface area contributed by atoms with E-state index in [9.17, 15) is 10.1 Å². The molecule has 5 heteroatoms. The molecule has 0 bridgehead atoms. The van der Waals surface area contributed by atoms with Crippen molar-refractivity contribution in [3.05, 3.63) is 58.1 Å². The van der Waals surface area contributed by atoms with Crippen molar-refractivity contribution in [1.29, 1.82) is 0 Å². The van der Waals surface area contributed by atoms with E-state index in [1.165, 1.54) is 6.07 Å². The van der Waals surface area contributed by atoms with Crippen LogP contribution < -0.4 is 4.90 Å². The molecule has 0 amide bonds. The van der Waals surface area contributed by atoms with Crippen LogP contribution in [0.1, 0.15) is 5.56 Å². The van der Waals surface area contributed by atoms with Crippen molar-refractivity contribution in [3.8, 4) is 11.3 Å². The molecule has 2 aromatic carbocycles. The predicted molar refractivity (Wildman–Crippen MR) is 89.5 cm³/mol. The Morgan fingerprint density at radius 2 is 1.91 bits per heavy atom. The first kappa shape index (κ1) is 14.1. The van der Waals surface area contributed by atoms with Gasteiger partial charge in [-0.05, 0) is 24.6 Å². The van der Waals surface area contributed by atoms with Crippen molar-refractivity contribution in [2.45, 2.75) is 6.92 Å². The first-order valence-corrected chi connectivity index (χ1v) is 7.02. The van der Waals surface area contributed by atoms with Gasteiger partial charge in [-0.1, -0.05) is 18.2 Å². The normalized spacial score (nSPS) is 10.9. The van der Waals surface area contributed by atoms with Gasteiger partial charge in [-0.25, -0.2) is 0 Å². The zero-order valence-electron chi connectivity index (χ0n) is 12.8. The quantitative estimate of drug-likeness (QED) is 0.584. The number of anilines is 1. The maximum absolute atomic E-state index is 11.0. The molecule has 112 valence electrons. The number of rotatable bonds is 3. The van der Waals surface area contributed by atoms with Crippen LogP contribution in [-0.2, 0) is 0 Å². The number of aryl methyl sites for hydroxylation is 1. The standard InChI is InChI=1S/C17H17N3O2/c1-11-15-8-7-13(19(2)3)10-16(15)18-17(11)12-5-4-6-14(9-12)20(21)22/h4-10,18H,1-3H3. The van der Waals surface area contributed by atoms with Crippen LogP contribution in [0.25, 0.3) is 22.2 Å². The molecule has 3 aromatic rings. The number of benzene rings is 2. The third-order valence-corrected chi connectivity index (χ3v) is 3.90. The number of H-pyrrole nitrogens is 1. The van der Waals surface area contributed by atoms with Gasteiger partial charge in [0.25, 0.3) is 5.69 Å². The minimum absolute atomic E-state index is 0.101. The molecule has 1 N–H and O–H groups in total. The first-order chi connectivity index (χ1) is 10.5. The highest BCUT2D eigenvalue weighted by atomic mass is 16.6. The summed E-state index contributed by atoms with van der Waals surface area (Å²) in [4.78, 5) is 16.0. The zero-order chi connectivity index (χ0) is 15.9. The summed E-state index contributed by atoms with van der Waals surface area (Å²) in [5, 5.41) is 12.1. The van der Waals surface area contributed by atoms with Gasteiger partial charge in [-0.15, -0.1) is 0 Å².